The van der Waals surface area contributed by atoms with Crippen molar-refractivity contribution < 1.29 is 9.13 Å². The Bertz CT molecular complexity index is 739. The van der Waals surface area contributed by atoms with Gasteiger partial charge in [-0.2, -0.15) is 0 Å². The molecule has 5 nitrogen and oxygen atoms in total. The van der Waals surface area contributed by atoms with Crippen molar-refractivity contribution in [2.75, 3.05) is 34.8 Å². The predicted octanol–water partition coefficient (Wildman–Crippen LogP) is 3.42. The normalized spacial score (nSPS) is 12.3. The van der Waals surface area contributed by atoms with Crippen molar-refractivity contribution in [2.24, 2.45) is 4.99 Å². The Hall–Kier alpha value is -1.87. The zero-order valence-electron chi connectivity index (χ0n) is 16.2. The van der Waals surface area contributed by atoms with E-state index in [4.69, 9.17) is 4.74 Å². The number of benzene rings is 2. The van der Waals surface area contributed by atoms with E-state index in [1.54, 1.807) is 26.3 Å². The maximum atomic E-state index is 13.5. The topological polar surface area (TPSA) is 48.9 Å². The van der Waals surface area contributed by atoms with Gasteiger partial charge in [-0.25, -0.2) is 4.39 Å². The van der Waals surface area contributed by atoms with E-state index < -0.39 is 0 Å². The summed E-state index contributed by atoms with van der Waals surface area (Å²) in [6.07, 6.45) is 0. The molecule has 2 aromatic carbocycles. The van der Waals surface area contributed by atoms with Gasteiger partial charge in [0, 0.05) is 20.1 Å². The van der Waals surface area contributed by atoms with Gasteiger partial charge in [0.05, 0.1) is 13.2 Å². The number of hydrogen-bond donors (Lipinski definition) is 2. The summed E-state index contributed by atoms with van der Waals surface area (Å²) in [6.45, 7) is 1.23. The number of aliphatic imine (C=N–C) groups is 1. The Morgan fingerprint density at radius 2 is 1.89 bits per heavy atom. The fraction of sp³-hybridized carbons (Fsp3) is 0.350. The maximum absolute atomic E-state index is 13.5. The van der Waals surface area contributed by atoms with Crippen LogP contribution in [-0.2, 0) is 6.54 Å². The summed E-state index contributed by atoms with van der Waals surface area (Å²) in [7, 11) is 7.34. The Balaban J connectivity index is 0.00000364. The largest absolute Gasteiger partial charge is 0.497 e. The molecule has 2 N–H and O–H groups in total. The third-order valence-corrected chi connectivity index (χ3v) is 4.14. The van der Waals surface area contributed by atoms with E-state index in [2.05, 4.69) is 20.5 Å². The van der Waals surface area contributed by atoms with E-state index in [1.807, 2.05) is 44.4 Å². The number of ether oxygens (including phenoxy) is 1. The van der Waals surface area contributed by atoms with Gasteiger partial charge in [-0.3, -0.25) is 4.99 Å². The Kier molecular flexibility index (Phi) is 10.1. The SMILES string of the molecule is CN=C(NCc1cccc(OC)c1)NCC(c1cccc(F)c1)N(C)C.I. The number of halogens is 2. The van der Waals surface area contributed by atoms with Crippen molar-refractivity contribution in [3.05, 3.63) is 65.5 Å². The van der Waals surface area contributed by atoms with E-state index in [9.17, 15) is 4.39 Å². The number of likely N-dealkylation sites (N-methyl/N-ethyl adjacent to an activating group) is 1. The molecular weight excluding hydrogens is 458 g/mol. The number of rotatable bonds is 7. The lowest BCUT2D eigenvalue weighted by Gasteiger charge is -2.26. The molecule has 0 saturated heterocycles. The van der Waals surface area contributed by atoms with Crippen LogP contribution in [0.4, 0.5) is 4.39 Å². The number of nitrogens with one attached hydrogen (secondary N) is 2. The van der Waals surface area contributed by atoms with Gasteiger partial charge >= 0.3 is 0 Å². The van der Waals surface area contributed by atoms with E-state index in [0.717, 1.165) is 16.9 Å². The maximum Gasteiger partial charge on any atom is 0.191 e. The second-order valence-electron chi connectivity index (χ2n) is 6.19. The molecular formula is C20H28FIN4O. The van der Waals surface area contributed by atoms with E-state index in [1.165, 1.54) is 6.07 Å². The molecule has 1 unspecified atom stereocenters. The third kappa shape index (κ3) is 7.34. The molecule has 0 spiro atoms. The smallest absolute Gasteiger partial charge is 0.191 e. The van der Waals surface area contributed by atoms with Crippen LogP contribution in [0.15, 0.2) is 53.5 Å². The van der Waals surface area contributed by atoms with Crippen molar-refractivity contribution in [1.82, 2.24) is 15.5 Å². The average molecular weight is 486 g/mol. The third-order valence-electron chi connectivity index (χ3n) is 4.14. The van der Waals surface area contributed by atoms with Crippen molar-refractivity contribution >= 4 is 29.9 Å². The van der Waals surface area contributed by atoms with Gasteiger partial charge in [-0.05, 0) is 49.5 Å². The van der Waals surface area contributed by atoms with Crippen LogP contribution in [0.5, 0.6) is 5.75 Å². The van der Waals surface area contributed by atoms with Crippen LogP contribution in [0.2, 0.25) is 0 Å². The van der Waals surface area contributed by atoms with Crippen molar-refractivity contribution in [3.8, 4) is 5.75 Å². The van der Waals surface area contributed by atoms with Gasteiger partial charge in [0.25, 0.3) is 0 Å². The first-order valence-corrected chi connectivity index (χ1v) is 8.53. The summed E-state index contributed by atoms with van der Waals surface area (Å²) in [4.78, 5) is 6.31. The molecule has 2 rings (SSSR count). The van der Waals surface area contributed by atoms with Crippen LogP contribution in [0.25, 0.3) is 0 Å². The fourth-order valence-electron chi connectivity index (χ4n) is 2.69. The lowest BCUT2D eigenvalue weighted by atomic mass is 10.1. The van der Waals surface area contributed by atoms with Crippen LogP contribution in [0.3, 0.4) is 0 Å². The van der Waals surface area contributed by atoms with Gasteiger partial charge in [0.2, 0.25) is 0 Å². The Morgan fingerprint density at radius 1 is 1.15 bits per heavy atom. The zero-order valence-corrected chi connectivity index (χ0v) is 18.5. The number of guanidine groups is 1. The number of nitrogens with zero attached hydrogens (tertiary/aromatic N) is 2. The molecule has 0 radical (unpaired) electrons. The average Bonchev–Trinajstić information content (AvgIpc) is 2.64. The molecule has 0 bridgehead atoms. The number of methoxy groups -OCH3 is 1. The first-order chi connectivity index (χ1) is 12.5. The summed E-state index contributed by atoms with van der Waals surface area (Å²) in [5, 5.41) is 6.60. The molecule has 0 aliphatic carbocycles. The van der Waals surface area contributed by atoms with E-state index in [0.29, 0.717) is 19.0 Å². The van der Waals surface area contributed by atoms with Crippen LogP contribution in [-0.4, -0.2) is 45.7 Å². The standard InChI is InChI=1S/C20H27FN4O.HI/c1-22-20(23-13-15-7-5-10-18(11-15)26-4)24-14-19(25(2)3)16-8-6-9-17(21)12-16;/h5-12,19H,13-14H2,1-4H3,(H2,22,23,24);1H. The summed E-state index contributed by atoms with van der Waals surface area (Å²) in [6, 6.07) is 14.6. The van der Waals surface area contributed by atoms with E-state index >= 15 is 0 Å². The number of hydrogen-bond acceptors (Lipinski definition) is 3. The van der Waals surface area contributed by atoms with Crippen molar-refractivity contribution in [1.29, 1.82) is 0 Å². The van der Waals surface area contributed by atoms with Gasteiger partial charge < -0.3 is 20.3 Å². The minimum absolute atomic E-state index is 0. The van der Waals surface area contributed by atoms with Gasteiger partial charge in [-0.1, -0.05) is 24.3 Å². The minimum atomic E-state index is -0.227. The molecule has 0 amide bonds. The molecule has 0 aliphatic heterocycles. The fourth-order valence-corrected chi connectivity index (χ4v) is 2.69. The molecule has 2 aromatic rings. The highest BCUT2D eigenvalue weighted by atomic mass is 127. The zero-order chi connectivity index (χ0) is 18.9. The monoisotopic (exact) mass is 486 g/mol. The quantitative estimate of drug-likeness (QED) is 0.358. The molecule has 0 saturated carbocycles. The molecule has 7 heteroatoms. The second-order valence-corrected chi connectivity index (χ2v) is 6.19. The molecule has 27 heavy (non-hydrogen) atoms. The summed E-state index contributed by atoms with van der Waals surface area (Å²) in [5.74, 6) is 1.29. The van der Waals surface area contributed by atoms with Crippen molar-refractivity contribution in [2.45, 2.75) is 12.6 Å². The van der Waals surface area contributed by atoms with E-state index in [-0.39, 0.29) is 35.8 Å². The second kappa shape index (κ2) is 11.8. The molecule has 1 atom stereocenters. The highest BCUT2D eigenvalue weighted by Gasteiger charge is 2.15. The molecule has 0 heterocycles. The first-order valence-electron chi connectivity index (χ1n) is 8.53. The van der Waals surface area contributed by atoms with Gasteiger partial charge in [0.15, 0.2) is 5.96 Å². The summed E-state index contributed by atoms with van der Waals surface area (Å²) < 4.78 is 18.8. The van der Waals surface area contributed by atoms with Gasteiger partial charge in [0.1, 0.15) is 11.6 Å². The Morgan fingerprint density at radius 3 is 2.52 bits per heavy atom. The van der Waals surface area contributed by atoms with Crippen LogP contribution < -0.4 is 15.4 Å². The lowest BCUT2D eigenvalue weighted by molar-refractivity contribution is 0.297. The molecule has 0 fully saturated rings. The molecule has 0 aliphatic rings. The van der Waals surface area contributed by atoms with Crippen LogP contribution in [0, 0.1) is 5.82 Å². The van der Waals surface area contributed by atoms with Crippen LogP contribution >= 0.6 is 24.0 Å². The first kappa shape index (κ1) is 23.2. The predicted molar refractivity (Wildman–Crippen MR) is 119 cm³/mol. The van der Waals surface area contributed by atoms with Crippen LogP contribution in [0.1, 0.15) is 17.2 Å². The summed E-state index contributed by atoms with van der Waals surface area (Å²) in [5.41, 5.74) is 2.02. The van der Waals surface area contributed by atoms with Crippen molar-refractivity contribution in [3.63, 3.8) is 0 Å². The molecule has 0 aromatic heterocycles. The highest BCUT2D eigenvalue weighted by Crippen LogP contribution is 2.18. The van der Waals surface area contributed by atoms with Gasteiger partial charge in [-0.15, -0.1) is 24.0 Å². The molecule has 148 valence electrons. The Labute approximate surface area is 178 Å². The minimum Gasteiger partial charge on any atom is -0.497 e. The summed E-state index contributed by atoms with van der Waals surface area (Å²) >= 11 is 0. The highest BCUT2D eigenvalue weighted by molar-refractivity contribution is 14.0. The lowest BCUT2D eigenvalue weighted by Crippen LogP contribution is -2.41.